The number of nitrogens with zero attached hydrogens (tertiary/aromatic N) is 3. The number of carbonyl (C=O) groups is 1. The zero-order chi connectivity index (χ0) is 21.8. The summed E-state index contributed by atoms with van der Waals surface area (Å²) in [5.74, 6) is 2.66. The largest absolute Gasteiger partial charge is 0.496 e. The predicted molar refractivity (Wildman–Crippen MR) is 119 cm³/mol. The molecule has 0 atom stereocenters. The van der Waals surface area contributed by atoms with Gasteiger partial charge in [-0.1, -0.05) is 29.5 Å². The molecule has 1 aromatic heterocycles. The highest BCUT2D eigenvalue weighted by Crippen LogP contribution is 2.41. The van der Waals surface area contributed by atoms with Crippen LogP contribution in [0.15, 0.2) is 41.6 Å². The first-order valence-electron chi connectivity index (χ1n) is 9.92. The number of nitrogens with one attached hydrogen (secondary N) is 1. The molecule has 0 spiro atoms. The fourth-order valence-corrected chi connectivity index (χ4v) is 3.88. The highest BCUT2D eigenvalue weighted by atomic mass is 32.2. The molecule has 0 radical (unpaired) electrons. The van der Waals surface area contributed by atoms with Crippen molar-refractivity contribution in [1.29, 1.82) is 0 Å². The molecule has 0 saturated heterocycles. The fourth-order valence-electron chi connectivity index (χ4n) is 3.17. The molecule has 0 unspecified atom stereocenters. The van der Waals surface area contributed by atoms with Gasteiger partial charge in [-0.05, 0) is 25.1 Å². The lowest BCUT2D eigenvalue weighted by Gasteiger charge is -2.13. The van der Waals surface area contributed by atoms with E-state index in [-0.39, 0.29) is 11.7 Å². The second-order valence-electron chi connectivity index (χ2n) is 7.12. The molecule has 0 bridgehead atoms. The molecule has 0 saturated carbocycles. The van der Waals surface area contributed by atoms with E-state index in [1.165, 1.54) is 11.8 Å². The summed E-state index contributed by atoms with van der Waals surface area (Å²) in [5.41, 5.74) is 2.66. The molecule has 1 N–H and O–H groups in total. The molecule has 1 amide bonds. The van der Waals surface area contributed by atoms with Crippen LogP contribution in [0.3, 0.4) is 0 Å². The van der Waals surface area contributed by atoms with E-state index in [0.29, 0.717) is 41.4 Å². The lowest BCUT2D eigenvalue weighted by molar-refractivity contribution is -0.113. The number of ether oxygens (including phenoxy) is 3. The van der Waals surface area contributed by atoms with E-state index in [1.807, 2.05) is 54.9 Å². The molecule has 1 aliphatic heterocycles. The lowest BCUT2D eigenvalue weighted by Crippen LogP contribution is -2.14. The highest BCUT2D eigenvalue weighted by molar-refractivity contribution is 7.99. The minimum atomic E-state index is -0.105. The summed E-state index contributed by atoms with van der Waals surface area (Å²) < 4.78 is 18.9. The number of benzene rings is 2. The number of fused-ring (bicyclic) bond motifs is 1. The van der Waals surface area contributed by atoms with Crippen molar-refractivity contribution in [2.24, 2.45) is 7.05 Å². The zero-order valence-electron chi connectivity index (χ0n) is 17.7. The van der Waals surface area contributed by atoms with Gasteiger partial charge in [0, 0.05) is 25.2 Å². The SMILES string of the molecule is COc1cc2c(cc1-c1nnc(SCC(=O)Nc3ccc(C)cc3)n1C)OCCCO2. The van der Waals surface area contributed by atoms with Crippen molar-refractivity contribution in [3.63, 3.8) is 0 Å². The number of hydrogen-bond donors (Lipinski definition) is 1. The monoisotopic (exact) mass is 440 g/mol. The molecule has 31 heavy (non-hydrogen) atoms. The van der Waals surface area contributed by atoms with Gasteiger partial charge in [0.1, 0.15) is 5.75 Å². The second-order valence-corrected chi connectivity index (χ2v) is 8.06. The number of thioether (sulfide) groups is 1. The average molecular weight is 441 g/mol. The van der Waals surface area contributed by atoms with Gasteiger partial charge in [-0.25, -0.2) is 0 Å². The molecule has 162 valence electrons. The normalized spacial score (nSPS) is 12.9. The molecule has 2 heterocycles. The molecule has 3 aromatic rings. The van der Waals surface area contributed by atoms with Crippen LogP contribution in [0.4, 0.5) is 5.69 Å². The van der Waals surface area contributed by atoms with Gasteiger partial charge in [0.25, 0.3) is 0 Å². The predicted octanol–water partition coefficient (Wildman–Crippen LogP) is 3.69. The first-order valence-corrected chi connectivity index (χ1v) is 10.9. The summed E-state index contributed by atoms with van der Waals surface area (Å²) in [4.78, 5) is 12.3. The van der Waals surface area contributed by atoms with Crippen LogP contribution in [0.5, 0.6) is 17.2 Å². The van der Waals surface area contributed by atoms with Crippen LogP contribution < -0.4 is 19.5 Å². The number of anilines is 1. The van der Waals surface area contributed by atoms with Crippen LogP contribution in [-0.2, 0) is 11.8 Å². The van der Waals surface area contributed by atoms with Crippen LogP contribution in [0.1, 0.15) is 12.0 Å². The maximum Gasteiger partial charge on any atom is 0.234 e. The minimum Gasteiger partial charge on any atom is -0.496 e. The molecule has 0 fully saturated rings. The summed E-state index contributed by atoms with van der Waals surface area (Å²) in [6.07, 6.45) is 0.821. The Morgan fingerprint density at radius 3 is 2.58 bits per heavy atom. The van der Waals surface area contributed by atoms with Gasteiger partial charge in [0.15, 0.2) is 22.5 Å². The summed E-state index contributed by atoms with van der Waals surface area (Å²) in [6, 6.07) is 11.4. The quantitative estimate of drug-likeness (QED) is 0.585. The molecule has 9 heteroatoms. The van der Waals surface area contributed by atoms with E-state index in [9.17, 15) is 4.79 Å². The number of rotatable bonds is 6. The van der Waals surface area contributed by atoms with Gasteiger partial charge < -0.3 is 24.1 Å². The maximum absolute atomic E-state index is 12.3. The van der Waals surface area contributed by atoms with Gasteiger partial charge in [0.2, 0.25) is 5.91 Å². The second kappa shape index (κ2) is 9.30. The molecule has 2 aromatic carbocycles. The Morgan fingerprint density at radius 1 is 1.16 bits per heavy atom. The number of methoxy groups -OCH3 is 1. The Bertz CT molecular complexity index is 1080. The zero-order valence-corrected chi connectivity index (χ0v) is 18.5. The molecule has 8 nitrogen and oxygen atoms in total. The topological polar surface area (TPSA) is 87.5 Å². The maximum atomic E-state index is 12.3. The Labute approximate surface area is 184 Å². The van der Waals surface area contributed by atoms with Gasteiger partial charge in [0.05, 0.1) is 31.6 Å². The fraction of sp³-hybridized carbons (Fsp3) is 0.318. The van der Waals surface area contributed by atoms with Gasteiger partial charge in [-0.2, -0.15) is 0 Å². The first-order chi connectivity index (χ1) is 15.0. The third-order valence-electron chi connectivity index (χ3n) is 4.81. The van der Waals surface area contributed by atoms with E-state index in [4.69, 9.17) is 14.2 Å². The van der Waals surface area contributed by atoms with Crippen LogP contribution in [0.25, 0.3) is 11.4 Å². The smallest absolute Gasteiger partial charge is 0.234 e. The standard InChI is InChI=1S/C22H24N4O4S/c1-14-5-7-15(8-6-14)23-20(27)13-31-22-25-24-21(26(22)2)16-11-18-19(12-17(16)28-3)30-10-4-9-29-18/h5-8,11-12H,4,9-10,13H2,1-3H3,(H,23,27). The third kappa shape index (κ3) is 4.77. The summed E-state index contributed by atoms with van der Waals surface area (Å²) in [5, 5.41) is 12.1. The van der Waals surface area contributed by atoms with Crippen molar-refractivity contribution in [1.82, 2.24) is 14.8 Å². The molecule has 4 rings (SSSR count). The molecular formula is C22H24N4O4S. The van der Waals surface area contributed by atoms with Gasteiger partial charge >= 0.3 is 0 Å². The van der Waals surface area contributed by atoms with Crippen LogP contribution >= 0.6 is 11.8 Å². The number of amides is 1. The van der Waals surface area contributed by atoms with Crippen molar-refractivity contribution in [2.45, 2.75) is 18.5 Å². The molecule has 0 aliphatic carbocycles. The Morgan fingerprint density at radius 2 is 1.87 bits per heavy atom. The Balaban J connectivity index is 1.49. The number of aromatic nitrogens is 3. The summed E-state index contributed by atoms with van der Waals surface area (Å²) in [7, 11) is 3.46. The van der Waals surface area contributed by atoms with Gasteiger partial charge in [-0.3, -0.25) is 4.79 Å². The van der Waals surface area contributed by atoms with Crippen LogP contribution in [-0.4, -0.2) is 46.7 Å². The number of aryl methyl sites for hydroxylation is 1. The summed E-state index contributed by atoms with van der Waals surface area (Å²) in [6.45, 7) is 3.20. The van der Waals surface area contributed by atoms with E-state index < -0.39 is 0 Å². The summed E-state index contributed by atoms with van der Waals surface area (Å²) >= 11 is 1.32. The number of hydrogen-bond acceptors (Lipinski definition) is 7. The first kappa shape index (κ1) is 21.0. The van der Waals surface area contributed by atoms with Crippen molar-refractivity contribution in [3.8, 4) is 28.6 Å². The molecule has 1 aliphatic rings. The number of carbonyl (C=O) groups excluding carboxylic acids is 1. The van der Waals surface area contributed by atoms with E-state index in [1.54, 1.807) is 7.11 Å². The van der Waals surface area contributed by atoms with E-state index >= 15 is 0 Å². The van der Waals surface area contributed by atoms with Crippen molar-refractivity contribution < 1.29 is 19.0 Å². The van der Waals surface area contributed by atoms with Gasteiger partial charge in [-0.15, -0.1) is 10.2 Å². The lowest BCUT2D eigenvalue weighted by atomic mass is 10.1. The van der Waals surface area contributed by atoms with Crippen LogP contribution in [0, 0.1) is 6.92 Å². The van der Waals surface area contributed by atoms with E-state index in [0.717, 1.165) is 23.2 Å². The van der Waals surface area contributed by atoms with Crippen molar-refractivity contribution in [2.75, 3.05) is 31.4 Å². The Kier molecular flexibility index (Phi) is 6.31. The average Bonchev–Trinajstić information content (AvgIpc) is 2.98. The van der Waals surface area contributed by atoms with E-state index in [2.05, 4.69) is 15.5 Å². The highest BCUT2D eigenvalue weighted by Gasteiger charge is 2.21. The molecular weight excluding hydrogens is 416 g/mol. The minimum absolute atomic E-state index is 0.105. The Hall–Kier alpha value is -3.20. The third-order valence-corrected chi connectivity index (χ3v) is 5.83. The van der Waals surface area contributed by atoms with Crippen LogP contribution in [0.2, 0.25) is 0 Å². The van der Waals surface area contributed by atoms with Crippen molar-refractivity contribution >= 4 is 23.4 Å². The van der Waals surface area contributed by atoms with Crippen molar-refractivity contribution in [3.05, 3.63) is 42.0 Å².